The highest BCUT2D eigenvalue weighted by Crippen LogP contribution is 2.35. The average molecular weight is 247 g/mol. The van der Waals surface area contributed by atoms with Gasteiger partial charge in [0.05, 0.1) is 5.41 Å². The molecule has 2 rings (SSSR count). The van der Waals surface area contributed by atoms with Gasteiger partial charge in [0.15, 0.2) is 5.13 Å². The highest BCUT2D eigenvalue weighted by molar-refractivity contribution is 7.14. The van der Waals surface area contributed by atoms with Crippen molar-refractivity contribution in [2.24, 2.45) is 5.41 Å². The van der Waals surface area contributed by atoms with Gasteiger partial charge in [0.2, 0.25) is 0 Å². The van der Waals surface area contributed by atoms with E-state index in [4.69, 9.17) is 16.7 Å². The second kappa shape index (κ2) is 3.64. The minimum atomic E-state index is -0.743. The van der Waals surface area contributed by atoms with Crippen LogP contribution in [0, 0.1) is 5.41 Å². The van der Waals surface area contributed by atoms with Crippen LogP contribution in [-0.4, -0.2) is 29.1 Å². The highest BCUT2D eigenvalue weighted by Gasteiger charge is 2.41. The van der Waals surface area contributed by atoms with Crippen LogP contribution in [0.2, 0.25) is 5.15 Å². The van der Waals surface area contributed by atoms with E-state index in [2.05, 4.69) is 4.98 Å². The molecule has 1 fully saturated rings. The Hall–Kier alpha value is -0.810. The first-order chi connectivity index (χ1) is 7.01. The van der Waals surface area contributed by atoms with Crippen LogP contribution in [0.3, 0.4) is 0 Å². The average Bonchev–Trinajstić information content (AvgIpc) is 2.73. The van der Waals surface area contributed by atoms with Gasteiger partial charge in [0.1, 0.15) is 5.15 Å². The van der Waals surface area contributed by atoms with Gasteiger partial charge >= 0.3 is 5.97 Å². The van der Waals surface area contributed by atoms with Crippen molar-refractivity contribution in [3.8, 4) is 0 Å². The lowest BCUT2D eigenvalue weighted by Crippen LogP contribution is -2.31. The van der Waals surface area contributed by atoms with E-state index in [-0.39, 0.29) is 0 Å². The molecular weight excluding hydrogens is 236 g/mol. The van der Waals surface area contributed by atoms with Crippen molar-refractivity contribution in [1.82, 2.24) is 4.98 Å². The Kier molecular flexibility index (Phi) is 2.60. The quantitative estimate of drug-likeness (QED) is 0.868. The number of thiazole rings is 1. The van der Waals surface area contributed by atoms with E-state index in [1.165, 1.54) is 11.3 Å². The number of rotatable bonds is 2. The maximum atomic E-state index is 11.0. The molecule has 1 atom stereocenters. The van der Waals surface area contributed by atoms with Crippen LogP contribution in [0.1, 0.15) is 13.3 Å². The van der Waals surface area contributed by atoms with Crippen molar-refractivity contribution >= 4 is 34.0 Å². The summed E-state index contributed by atoms with van der Waals surface area (Å²) in [6.45, 7) is 3.00. The minimum Gasteiger partial charge on any atom is -0.481 e. The predicted octanol–water partition coefficient (Wildman–Crippen LogP) is 2.10. The molecule has 1 aliphatic heterocycles. The summed E-state index contributed by atoms with van der Waals surface area (Å²) in [5.74, 6) is -0.743. The van der Waals surface area contributed by atoms with Gasteiger partial charge < -0.3 is 10.0 Å². The number of carboxylic acids is 1. The summed E-state index contributed by atoms with van der Waals surface area (Å²) in [4.78, 5) is 17.1. The summed E-state index contributed by atoms with van der Waals surface area (Å²) in [6.07, 6.45) is 0.652. The van der Waals surface area contributed by atoms with Crippen LogP contribution in [0.5, 0.6) is 0 Å². The second-order valence-electron chi connectivity index (χ2n) is 3.99. The number of halogens is 1. The number of hydrogen-bond donors (Lipinski definition) is 1. The lowest BCUT2D eigenvalue weighted by atomic mass is 9.90. The summed E-state index contributed by atoms with van der Waals surface area (Å²) >= 11 is 7.18. The molecule has 1 aliphatic rings. The highest BCUT2D eigenvalue weighted by atomic mass is 35.5. The van der Waals surface area contributed by atoms with Crippen molar-refractivity contribution in [2.75, 3.05) is 18.0 Å². The van der Waals surface area contributed by atoms with Crippen molar-refractivity contribution in [1.29, 1.82) is 0 Å². The fourth-order valence-electron chi connectivity index (χ4n) is 1.69. The van der Waals surface area contributed by atoms with E-state index in [0.717, 1.165) is 11.7 Å². The molecule has 0 spiro atoms. The van der Waals surface area contributed by atoms with Gasteiger partial charge in [-0.3, -0.25) is 4.79 Å². The Bertz CT molecular complexity index is 395. The van der Waals surface area contributed by atoms with Gasteiger partial charge in [-0.05, 0) is 13.3 Å². The molecular formula is C9H11ClN2O2S. The number of carboxylic acid groups (broad SMARTS) is 1. The van der Waals surface area contributed by atoms with E-state index in [1.807, 2.05) is 4.90 Å². The summed E-state index contributed by atoms with van der Waals surface area (Å²) in [6, 6.07) is 0. The molecule has 15 heavy (non-hydrogen) atoms. The van der Waals surface area contributed by atoms with Gasteiger partial charge in [0.25, 0.3) is 0 Å². The first kappa shape index (κ1) is 10.7. The third-order valence-electron chi connectivity index (χ3n) is 2.72. The maximum Gasteiger partial charge on any atom is 0.311 e. The van der Waals surface area contributed by atoms with E-state index in [0.29, 0.717) is 18.1 Å². The molecule has 1 unspecified atom stereocenters. The monoisotopic (exact) mass is 246 g/mol. The fraction of sp³-hybridized carbons (Fsp3) is 0.556. The number of nitrogens with zero attached hydrogens (tertiary/aromatic N) is 2. The Morgan fingerprint density at radius 2 is 2.53 bits per heavy atom. The Morgan fingerprint density at radius 1 is 1.80 bits per heavy atom. The Morgan fingerprint density at radius 3 is 3.00 bits per heavy atom. The van der Waals surface area contributed by atoms with Gasteiger partial charge in [-0.2, -0.15) is 0 Å². The molecule has 0 bridgehead atoms. The molecule has 0 amide bonds. The van der Waals surface area contributed by atoms with E-state index in [9.17, 15) is 4.79 Å². The topological polar surface area (TPSA) is 53.4 Å². The number of aliphatic carboxylic acids is 1. The smallest absolute Gasteiger partial charge is 0.311 e. The molecule has 2 heterocycles. The first-order valence-corrected chi connectivity index (χ1v) is 5.86. The summed E-state index contributed by atoms with van der Waals surface area (Å²) in [7, 11) is 0. The molecule has 0 radical (unpaired) electrons. The van der Waals surface area contributed by atoms with Crippen LogP contribution in [0.4, 0.5) is 5.13 Å². The summed E-state index contributed by atoms with van der Waals surface area (Å²) in [5, 5.41) is 12.1. The lowest BCUT2D eigenvalue weighted by molar-refractivity contribution is -0.146. The predicted molar refractivity (Wildman–Crippen MR) is 59.7 cm³/mol. The Labute approximate surface area is 96.5 Å². The molecule has 0 saturated carbocycles. The molecule has 1 aromatic heterocycles. The molecule has 6 heteroatoms. The van der Waals surface area contributed by atoms with E-state index >= 15 is 0 Å². The van der Waals surface area contributed by atoms with Gasteiger partial charge in [0, 0.05) is 18.5 Å². The largest absolute Gasteiger partial charge is 0.481 e. The lowest BCUT2D eigenvalue weighted by Gasteiger charge is -2.19. The van der Waals surface area contributed by atoms with Gasteiger partial charge in [-0.25, -0.2) is 4.98 Å². The first-order valence-electron chi connectivity index (χ1n) is 4.61. The summed E-state index contributed by atoms with van der Waals surface area (Å²) < 4.78 is 0. The third kappa shape index (κ3) is 1.94. The van der Waals surface area contributed by atoms with Crippen LogP contribution in [0.15, 0.2) is 5.38 Å². The van der Waals surface area contributed by atoms with Crippen molar-refractivity contribution in [3.05, 3.63) is 10.5 Å². The third-order valence-corrected chi connectivity index (χ3v) is 3.95. The Balaban J connectivity index is 2.14. The zero-order chi connectivity index (χ0) is 11.1. The van der Waals surface area contributed by atoms with Crippen LogP contribution in [0.25, 0.3) is 0 Å². The van der Waals surface area contributed by atoms with Gasteiger partial charge in [-0.1, -0.05) is 11.6 Å². The molecule has 0 aromatic carbocycles. The zero-order valence-corrected chi connectivity index (χ0v) is 9.81. The number of aromatic nitrogens is 1. The molecule has 1 aromatic rings. The van der Waals surface area contributed by atoms with Crippen molar-refractivity contribution in [3.63, 3.8) is 0 Å². The molecule has 82 valence electrons. The molecule has 0 aliphatic carbocycles. The normalized spacial score (nSPS) is 25.9. The van der Waals surface area contributed by atoms with Crippen molar-refractivity contribution in [2.45, 2.75) is 13.3 Å². The van der Waals surface area contributed by atoms with Crippen LogP contribution >= 0.6 is 22.9 Å². The molecule has 1 N–H and O–H groups in total. The maximum absolute atomic E-state index is 11.0. The zero-order valence-electron chi connectivity index (χ0n) is 8.23. The fourth-order valence-corrected chi connectivity index (χ4v) is 2.66. The van der Waals surface area contributed by atoms with Crippen LogP contribution in [-0.2, 0) is 4.79 Å². The number of hydrogen-bond acceptors (Lipinski definition) is 4. The van der Waals surface area contributed by atoms with Crippen LogP contribution < -0.4 is 4.90 Å². The van der Waals surface area contributed by atoms with Crippen molar-refractivity contribution < 1.29 is 9.90 Å². The van der Waals surface area contributed by atoms with E-state index in [1.54, 1.807) is 12.3 Å². The summed E-state index contributed by atoms with van der Waals surface area (Å²) in [5.41, 5.74) is -0.655. The number of carbonyl (C=O) groups is 1. The SMILES string of the molecule is CC1(C(=O)O)CCN(c2nc(Cl)cs2)C1. The molecule has 4 nitrogen and oxygen atoms in total. The second-order valence-corrected chi connectivity index (χ2v) is 5.21. The van der Waals surface area contributed by atoms with Gasteiger partial charge in [-0.15, -0.1) is 11.3 Å². The molecule has 1 saturated heterocycles. The number of anilines is 1. The standard InChI is InChI=1S/C9H11ClN2O2S/c1-9(7(13)14)2-3-12(5-9)8-11-6(10)4-15-8/h4H,2-3,5H2,1H3,(H,13,14). The minimum absolute atomic E-state index is 0.471. The van der Waals surface area contributed by atoms with E-state index < -0.39 is 11.4 Å².